The van der Waals surface area contributed by atoms with Crippen LogP contribution < -0.4 is 0 Å². The van der Waals surface area contributed by atoms with Crippen molar-refractivity contribution < 1.29 is 4.74 Å². The van der Waals surface area contributed by atoms with E-state index in [1.807, 2.05) is 60.7 Å². The Balaban J connectivity index is 1.69. The van der Waals surface area contributed by atoms with E-state index >= 15 is 0 Å². The van der Waals surface area contributed by atoms with E-state index < -0.39 is 0 Å². The second kappa shape index (κ2) is 7.92. The third kappa shape index (κ3) is 5.25. The fraction of sp³-hybridized carbons (Fsp3) is 0.111. The molecule has 1 heteroatoms. The van der Waals surface area contributed by atoms with Crippen LogP contribution in [0.15, 0.2) is 72.8 Å². The molecule has 1 nitrogen and oxygen atoms in total. The summed E-state index contributed by atoms with van der Waals surface area (Å²) in [4.78, 5) is 0. The van der Waals surface area contributed by atoms with Crippen molar-refractivity contribution in [3.63, 3.8) is 0 Å². The first-order valence-corrected chi connectivity index (χ1v) is 6.28. The predicted molar refractivity (Wildman–Crippen MR) is 78.6 cm³/mol. The summed E-state index contributed by atoms with van der Waals surface area (Å²) in [7, 11) is 0. The molecule has 0 N–H and O–H groups in total. The van der Waals surface area contributed by atoms with Crippen molar-refractivity contribution in [2.45, 2.75) is 6.61 Å². The Hall–Kier alpha value is -2.30. The molecule has 0 aliphatic rings. The summed E-state index contributed by atoms with van der Waals surface area (Å²) in [5.74, 6) is 6.05. The van der Waals surface area contributed by atoms with Crippen LogP contribution in [-0.2, 0) is 11.3 Å². The lowest BCUT2D eigenvalue weighted by Gasteiger charge is -1.99. The summed E-state index contributed by atoms with van der Waals surface area (Å²) >= 11 is 0. The van der Waals surface area contributed by atoms with Crippen LogP contribution in [0.1, 0.15) is 11.1 Å². The summed E-state index contributed by atoms with van der Waals surface area (Å²) in [6.45, 7) is 1.22. The summed E-state index contributed by atoms with van der Waals surface area (Å²) < 4.78 is 5.52. The van der Waals surface area contributed by atoms with Gasteiger partial charge in [0.2, 0.25) is 0 Å². The maximum Gasteiger partial charge on any atom is 0.0721 e. The zero-order valence-electron chi connectivity index (χ0n) is 10.8. The number of hydrogen-bond acceptors (Lipinski definition) is 1. The van der Waals surface area contributed by atoms with Crippen LogP contribution in [0.4, 0.5) is 0 Å². The van der Waals surface area contributed by atoms with E-state index in [1.54, 1.807) is 0 Å². The first kappa shape index (κ1) is 13.1. The molecule has 19 heavy (non-hydrogen) atoms. The van der Waals surface area contributed by atoms with Crippen molar-refractivity contribution in [1.82, 2.24) is 0 Å². The van der Waals surface area contributed by atoms with E-state index in [9.17, 15) is 0 Å². The zero-order chi connectivity index (χ0) is 13.2. The minimum Gasteiger partial charge on any atom is -0.373 e. The Kier molecular flexibility index (Phi) is 5.48. The van der Waals surface area contributed by atoms with Crippen LogP contribution in [0, 0.1) is 11.8 Å². The maximum absolute atomic E-state index is 5.52. The molecule has 94 valence electrons. The Bertz CT molecular complexity index is 559. The van der Waals surface area contributed by atoms with Gasteiger partial charge in [-0.3, -0.25) is 0 Å². The maximum atomic E-state index is 5.52. The van der Waals surface area contributed by atoms with Gasteiger partial charge in [-0.1, -0.05) is 66.4 Å². The van der Waals surface area contributed by atoms with E-state index in [0.29, 0.717) is 13.2 Å². The fourth-order valence-corrected chi connectivity index (χ4v) is 1.57. The van der Waals surface area contributed by atoms with Gasteiger partial charge >= 0.3 is 0 Å². The summed E-state index contributed by atoms with van der Waals surface area (Å²) in [5, 5.41) is 0. The summed E-state index contributed by atoms with van der Waals surface area (Å²) in [6.07, 6.45) is 3.76. The van der Waals surface area contributed by atoms with Crippen molar-refractivity contribution in [2.24, 2.45) is 0 Å². The lowest BCUT2D eigenvalue weighted by Crippen LogP contribution is -1.91. The van der Waals surface area contributed by atoms with Crippen LogP contribution in [0.25, 0.3) is 0 Å². The fourth-order valence-electron chi connectivity index (χ4n) is 1.57. The molecule has 0 aliphatic heterocycles. The highest BCUT2D eigenvalue weighted by molar-refractivity contribution is 5.36. The van der Waals surface area contributed by atoms with Gasteiger partial charge in [0, 0.05) is 5.56 Å². The topological polar surface area (TPSA) is 9.23 Å². The molecule has 2 aromatic rings. The standard InChI is InChI=1S/C18H16O/c1-4-10-17(11-5-1)12-8-3-9-15-19-16-18-13-6-2-7-14-18/h1-7,9-11,13-14H,15-16H2/b9-3+. The van der Waals surface area contributed by atoms with Gasteiger partial charge in [-0.25, -0.2) is 0 Å². The van der Waals surface area contributed by atoms with Crippen molar-refractivity contribution in [1.29, 1.82) is 0 Å². The monoisotopic (exact) mass is 248 g/mol. The van der Waals surface area contributed by atoms with E-state index in [4.69, 9.17) is 4.74 Å². The minimum absolute atomic E-state index is 0.582. The highest BCUT2D eigenvalue weighted by atomic mass is 16.5. The van der Waals surface area contributed by atoms with Crippen LogP contribution in [0.3, 0.4) is 0 Å². The van der Waals surface area contributed by atoms with E-state index in [1.165, 1.54) is 5.56 Å². The largest absolute Gasteiger partial charge is 0.373 e. The van der Waals surface area contributed by atoms with E-state index in [2.05, 4.69) is 24.0 Å². The molecule has 0 spiro atoms. The van der Waals surface area contributed by atoms with Gasteiger partial charge in [0.25, 0.3) is 0 Å². The second-order valence-corrected chi connectivity index (χ2v) is 4.04. The number of allylic oxidation sites excluding steroid dienone is 1. The molecule has 0 saturated carbocycles. The van der Waals surface area contributed by atoms with Gasteiger partial charge < -0.3 is 4.74 Å². The molecule has 0 aromatic heterocycles. The number of rotatable bonds is 4. The van der Waals surface area contributed by atoms with Crippen LogP contribution in [0.2, 0.25) is 0 Å². The highest BCUT2D eigenvalue weighted by Gasteiger charge is 1.88. The van der Waals surface area contributed by atoms with E-state index in [-0.39, 0.29) is 0 Å². The molecule has 0 fully saturated rings. The van der Waals surface area contributed by atoms with Crippen molar-refractivity contribution in [2.75, 3.05) is 6.61 Å². The molecule has 0 amide bonds. The zero-order valence-corrected chi connectivity index (χ0v) is 10.8. The molecule has 0 unspecified atom stereocenters. The normalized spacial score (nSPS) is 10.1. The smallest absolute Gasteiger partial charge is 0.0721 e. The molecule has 0 radical (unpaired) electrons. The van der Waals surface area contributed by atoms with Gasteiger partial charge in [-0.15, -0.1) is 0 Å². The predicted octanol–water partition coefficient (Wildman–Crippen LogP) is 3.81. The molecule has 2 rings (SSSR count). The number of benzene rings is 2. The second-order valence-electron chi connectivity index (χ2n) is 4.04. The molecule has 2 aromatic carbocycles. The Labute approximate surface area is 114 Å². The van der Waals surface area contributed by atoms with Crippen LogP contribution >= 0.6 is 0 Å². The van der Waals surface area contributed by atoms with Gasteiger partial charge in [-0.2, -0.15) is 0 Å². The van der Waals surface area contributed by atoms with Crippen LogP contribution in [0.5, 0.6) is 0 Å². The molecular formula is C18H16O. The molecular weight excluding hydrogens is 232 g/mol. The SMILES string of the molecule is C(#Cc1ccccc1)/C=C/COCc1ccccc1. The average molecular weight is 248 g/mol. The first-order chi connectivity index (χ1) is 9.45. The van der Waals surface area contributed by atoms with Gasteiger partial charge in [0.05, 0.1) is 13.2 Å². The Morgan fingerprint density at radius 1 is 0.895 bits per heavy atom. The van der Waals surface area contributed by atoms with Gasteiger partial charge in [0.15, 0.2) is 0 Å². The number of ether oxygens (including phenoxy) is 1. The van der Waals surface area contributed by atoms with Crippen molar-refractivity contribution >= 4 is 0 Å². The number of hydrogen-bond donors (Lipinski definition) is 0. The third-order valence-corrected chi connectivity index (χ3v) is 2.52. The van der Waals surface area contributed by atoms with Crippen molar-refractivity contribution in [3.8, 4) is 11.8 Å². The van der Waals surface area contributed by atoms with Gasteiger partial charge in [-0.05, 0) is 23.8 Å². The third-order valence-electron chi connectivity index (χ3n) is 2.52. The Morgan fingerprint density at radius 3 is 2.32 bits per heavy atom. The van der Waals surface area contributed by atoms with Crippen LogP contribution in [-0.4, -0.2) is 6.61 Å². The lowest BCUT2D eigenvalue weighted by molar-refractivity contribution is 0.149. The van der Waals surface area contributed by atoms with E-state index in [0.717, 1.165) is 5.56 Å². The lowest BCUT2D eigenvalue weighted by atomic mass is 10.2. The average Bonchev–Trinajstić information content (AvgIpc) is 2.48. The minimum atomic E-state index is 0.582. The summed E-state index contributed by atoms with van der Waals surface area (Å²) in [6, 6.07) is 20.1. The molecule has 0 atom stereocenters. The summed E-state index contributed by atoms with van der Waals surface area (Å²) in [5.41, 5.74) is 2.21. The molecule has 0 heterocycles. The molecule has 0 aliphatic carbocycles. The van der Waals surface area contributed by atoms with Crippen molar-refractivity contribution in [3.05, 3.63) is 83.9 Å². The Morgan fingerprint density at radius 2 is 1.58 bits per heavy atom. The van der Waals surface area contributed by atoms with Gasteiger partial charge in [0.1, 0.15) is 0 Å². The molecule has 0 saturated heterocycles. The first-order valence-electron chi connectivity index (χ1n) is 6.28. The quantitative estimate of drug-likeness (QED) is 0.590. The highest BCUT2D eigenvalue weighted by Crippen LogP contribution is 2.00. The molecule has 0 bridgehead atoms.